The number of nitrogens with one attached hydrogen (secondary N) is 1. The van der Waals surface area contributed by atoms with E-state index in [0.717, 1.165) is 23.3 Å². The number of benzene rings is 1. The highest BCUT2D eigenvalue weighted by molar-refractivity contribution is 6.08. The normalized spacial score (nSPS) is 22.1. The molecule has 0 spiro atoms. The molecule has 3 amide bonds. The van der Waals surface area contributed by atoms with Gasteiger partial charge in [-0.15, -0.1) is 0 Å². The van der Waals surface area contributed by atoms with Gasteiger partial charge in [-0.2, -0.15) is 0 Å². The highest BCUT2D eigenvalue weighted by atomic mass is 16.5. The van der Waals surface area contributed by atoms with Gasteiger partial charge < -0.3 is 14.8 Å². The molecule has 8 heteroatoms. The van der Waals surface area contributed by atoms with E-state index >= 15 is 0 Å². The summed E-state index contributed by atoms with van der Waals surface area (Å²) in [5.41, 5.74) is 1.40. The predicted octanol–water partition coefficient (Wildman–Crippen LogP) is 2.05. The number of nitrogens with zero attached hydrogens (tertiary/aromatic N) is 1. The zero-order valence-corrected chi connectivity index (χ0v) is 16.9. The molecule has 8 nitrogen and oxygen atoms in total. The van der Waals surface area contributed by atoms with E-state index in [4.69, 9.17) is 9.47 Å². The van der Waals surface area contributed by atoms with E-state index in [1.165, 1.54) is 14.0 Å². The van der Waals surface area contributed by atoms with Gasteiger partial charge in [0, 0.05) is 0 Å². The molecule has 0 unspecified atom stereocenters. The molecule has 0 aromatic heterocycles. The number of anilines is 1. The molecule has 1 aliphatic carbocycles. The average Bonchev–Trinajstić information content (AvgIpc) is 2.96. The summed E-state index contributed by atoms with van der Waals surface area (Å²) in [5.74, 6) is -2.11. The fraction of sp³-hybridized carbons (Fsp3) is 0.524. The highest BCUT2D eigenvalue weighted by Gasteiger charge is 2.51. The summed E-state index contributed by atoms with van der Waals surface area (Å²) in [5, 5.41) is 2.64. The van der Waals surface area contributed by atoms with Crippen molar-refractivity contribution in [2.24, 2.45) is 11.8 Å². The lowest BCUT2D eigenvalue weighted by Crippen LogP contribution is -2.45. The van der Waals surface area contributed by atoms with E-state index < -0.39 is 24.5 Å². The third-order valence-corrected chi connectivity index (χ3v) is 5.58. The second-order valence-electron chi connectivity index (χ2n) is 7.58. The first-order chi connectivity index (χ1) is 13.8. The number of ether oxygens (including phenoxy) is 2. The van der Waals surface area contributed by atoms with Crippen LogP contribution < -0.4 is 10.1 Å². The fourth-order valence-electron chi connectivity index (χ4n) is 4.04. The van der Waals surface area contributed by atoms with Crippen LogP contribution in [0.5, 0.6) is 5.75 Å². The smallest absolute Gasteiger partial charge is 0.329 e. The third-order valence-electron chi connectivity index (χ3n) is 5.58. The summed E-state index contributed by atoms with van der Waals surface area (Å²) in [6, 6.07) is 4.26. The minimum Gasteiger partial charge on any atom is -0.495 e. The molecule has 3 rings (SSSR count). The van der Waals surface area contributed by atoms with Crippen molar-refractivity contribution in [1.29, 1.82) is 0 Å². The summed E-state index contributed by atoms with van der Waals surface area (Å²) >= 11 is 0. The Morgan fingerprint density at radius 3 is 2.38 bits per heavy atom. The number of hydrogen-bond acceptors (Lipinski definition) is 6. The Hall–Kier alpha value is -2.90. The van der Waals surface area contributed by atoms with Crippen molar-refractivity contribution in [2.75, 3.05) is 19.0 Å². The zero-order valence-electron chi connectivity index (χ0n) is 16.9. The second kappa shape index (κ2) is 8.63. The number of aryl methyl sites for hydroxylation is 1. The molecule has 1 saturated carbocycles. The number of amides is 3. The van der Waals surface area contributed by atoms with Crippen LogP contribution in [0, 0.1) is 18.8 Å². The van der Waals surface area contributed by atoms with Gasteiger partial charge in [-0.3, -0.25) is 19.3 Å². The lowest BCUT2D eigenvalue weighted by Gasteiger charge is -2.21. The summed E-state index contributed by atoms with van der Waals surface area (Å²) in [6.07, 6.45) is 3.17. The fourth-order valence-corrected chi connectivity index (χ4v) is 4.04. The predicted molar refractivity (Wildman–Crippen MR) is 104 cm³/mol. The Balaban J connectivity index is 1.58. The van der Waals surface area contributed by atoms with E-state index in [1.54, 1.807) is 12.1 Å². The molecule has 3 atom stereocenters. The number of carbonyl (C=O) groups excluding carboxylic acids is 4. The topological polar surface area (TPSA) is 102 Å². The number of imide groups is 1. The molecular weight excluding hydrogens is 376 g/mol. The molecule has 1 aromatic carbocycles. The van der Waals surface area contributed by atoms with Crippen LogP contribution in [-0.4, -0.2) is 48.3 Å². The van der Waals surface area contributed by atoms with Gasteiger partial charge in [0.25, 0.3) is 5.91 Å². The molecular formula is C21H26N2O6. The number of hydrogen-bond donors (Lipinski definition) is 1. The minimum absolute atomic E-state index is 0.307. The van der Waals surface area contributed by atoms with Gasteiger partial charge in [0.05, 0.1) is 24.6 Å². The Bertz CT molecular complexity index is 812. The van der Waals surface area contributed by atoms with E-state index in [9.17, 15) is 19.2 Å². The number of rotatable bonds is 6. The van der Waals surface area contributed by atoms with Crippen LogP contribution in [0.3, 0.4) is 0 Å². The first-order valence-corrected chi connectivity index (χ1v) is 9.81. The van der Waals surface area contributed by atoms with Gasteiger partial charge in [0.1, 0.15) is 11.8 Å². The van der Waals surface area contributed by atoms with Gasteiger partial charge in [0.2, 0.25) is 11.8 Å². The maximum atomic E-state index is 12.6. The van der Waals surface area contributed by atoms with Crippen LogP contribution in [-0.2, 0) is 23.9 Å². The first kappa shape index (κ1) is 20.8. The maximum absolute atomic E-state index is 12.6. The quantitative estimate of drug-likeness (QED) is 0.577. The molecule has 156 valence electrons. The molecule has 1 heterocycles. The van der Waals surface area contributed by atoms with Gasteiger partial charge in [-0.05, 0) is 44.4 Å². The molecule has 1 saturated heterocycles. The number of carbonyl (C=O) groups is 4. The first-order valence-electron chi connectivity index (χ1n) is 9.81. The van der Waals surface area contributed by atoms with Gasteiger partial charge in [0.15, 0.2) is 6.61 Å². The Morgan fingerprint density at radius 2 is 1.79 bits per heavy atom. The standard InChI is InChI=1S/C21H26N2O6/c1-12-8-9-17(28-3)16(10-12)22-18(24)11-29-21(27)13(2)23-19(25)14-6-4-5-7-15(14)20(23)26/h8-10,13-15H,4-7,11H2,1-3H3,(H,22,24)/t13-,14+,15+/m0/s1. The van der Waals surface area contributed by atoms with Crippen LogP contribution in [0.15, 0.2) is 18.2 Å². The zero-order chi connectivity index (χ0) is 21.1. The number of fused-ring (bicyclic) bond motifs is 1. The van der Waals surface area contributed by atoms with Crippen LogP contribution in [0.25, 0.3) is 0 Å². The molecule has 2 aliphatic rings. The summed E-state index contributed by atoms with van der Waals surface area (Å²) in [4.78, 5) is 50.8. The van der Waals surface area contributed by atoms with E-state index in [-0.39, 0.29) is 23.7 Å². The maximum Gasteiger partial charge on any atom is 0.329 e. The van der Waals surface area contributed by atoms with Crippen LogP contribution >= 0.6 is 0 Å². The van der Waals surface area contributed by atoms with Crippen molar-refractivity contribution in [3.8, 4) is 5.75 Å². The van der Waals surface area contributed by atoms with Crippen molar-refractivity contribution in [3.63, 3.8) is 0 Å². The third kappa shape index (κ3) is 4.26. The molecule has 2 fully saturated rings. The minimum atomic E-state index is -1.05. The monoisotopic (exact) mass is 402 g/mol. The molecule has 0 bridgehead atoms. The lowest BCUT2D eigenvalue weighted by atomic mass is 9.81. The molecule has 1 aromatic rings. The second-order valence-corrected chi connectivity index (χ2v) is 7.58. The Kier molecular flexibility index (Phi) is 6.20. The van der Waals surface area contributed by atoms with E-state index in [1.807, 2.05) is 13.0 Å². The number of esters is 1. The van der Waals surface area contributed by atoms with Crippen molar-refractivity contribution < 1.29 is 28.7 Å². The largest absolute Gasteiger partial charge is 0.495 e. The van der Waals surface area contributed by atoms with Crippen LogP contribution in [0.4, 0.5) is 5.69 Å². The Morgan fingerprint density at radius 1 is 1.17 bits per heavy atom. The van der Waals surface area contributed by atoms with Gasteiger partial charge in [-0.25, -0.2) is 4.79 Å². The SMILES string of the molecule is COc1ccc(C)cc1NC(=O)COC(=O)[C@H](C)N1C(=O)[C@@H]2CCCC[C@H]2C1=O. The average molecular weight is 402 g/mol. The molecule has 1 N–H and O–H groups in total. The number of methoxy groups -OCH3 is 1. The summed E-state index contributed by atoms with van der Waals surface area (Å²) in [7, 11) is 1.49. The highest BCUT2D eigenvalue weighted by Crippen LogP contribution is 2.38. The molecule has 1 aliphatic heterocycles. The summed E-state index contributed by atoms with van der Waals surface area (Å²) in [6.45, 7) is 2.80. The van der Waals surface area contributed by atoms with E-state index in [2.05, 4.69) is 5.32 Å². The lowest BCUT2D eigenvalue weighted by molar-refractivity contribution is -0.159. The van der Waals surface area contributed by atoms with Crippen molar-refractivity contribution in [2.45, 2.75) is 45.6 Å². The van der Waals surface area contributed by atoms with Crippen molar-refractivity contribution in [1.82, 2.24) is 4.90 Å². The Labute approximate surface area is 169 Å². The van der Waals surface area contributed by atoms with Crippen molar-refractivity contribution in [3.05, 3.63) is 23.8 Å². The van der Waals surface area contributed by atoms with E-state index in [0.29, 0.717) is 24.3 Å². The van der Waals surface area contributed by atoms with Crippen molar-refractivity contribution >= 4 is 29.4 Å². The number of likely N-dealkylation sites (tertiary alicyclic amines) is 1. The van der Waals surface area contributed by atoms with Crippen LogP contribution in [0.1, 0.15) is 38.2 Å². The molecule has 0 radical (unpaired) electrons. The van der Waals surface area contributed by atoms with Gasteiger partial charge >= 0.3 is 5.97 Å². The molecule has 29 heavy (non-hydrogen) atoms. The van der Waals surface area contributed by atoms with Gasteiger partial charge in [-0.1, -0.05) is 18.9 Å². The van der Waals surface area contributed by atoms with Crippen LogP contribution in [0.2, 0.25) is 0 Å². The summed E-state index contributed by atoms with van der Waals surface area (Å²) < 4.78 is 10.3.